The van der Waals surface area contributed by atoms with E-state index in [0.717, 1.165) is 5.56 Å². The van der Waals surface area contributed by atoms with Crippen LogP contribution in [0.2, 0.25) is 0 Å². The molecule has 0 saturated carbocycles. The summed E-state index contributed by atoms with van der Waals surface area (Å²) < 4.78 is 12.4. The van der Waals surface area contributed by atoms with Gasteiger partial charge in [0.05, 0.1) is 12.7 Å². The first-order chi connectivity index (χ1) is 9.29. The third-order valence-electron chi connectivity index (χ3n) is 2.78. The van der Waals surface area contributed by atoms with Crippen molar-refractivity contribution in [1.29, 1.82) is 0 Å². The highest BCUT2D eigenvalue weighted by molar-refractivity contribution is 5.63. The predicted molar refractivity (Wildman–Crippen MR) is 68.5 cm³/mol. The number of para-hydroxylation sites is 1. The Morgan fingerprint density at radius 1 is 1.26 bits per heavy atom. The molecule has 19 heavy (non-hydrogen) atoms. The van der Waals surface area contributed by atoms with Crippen LogP contribution in [-0.4, -0.2) is 26.8 Å². The number of hydrogen-bond donors (Lipinski definition) is 0. The minimum atomic E-state index is 0.412. The number of hydrogen-bond acceptors (Lipinski definition) is 5. The van der Waals surface area contributed by atoms with Gasteiger partial charge in [0.15, 0.2) is 5.82 Å². The number of ether oxygens (including phenoxy) is 1. The van der Waals surface area contributed by atoms with Crippen LogP contribution in [0.4, 0.5) is 0 Å². The van der Waals surface area contributed by atoms with Crippen LogP contribution in [0.15, 0.2) is 41.2 Å². The van der Waals surface area contributed by atoms with Crippen molar-refractivity contribution in [3.05, 3.63) is 36.7 Å². The van der Waals surface area contributed by atoms with Gasteiger partial charge in [-0.05, 0) is 12.1 Å². The van der Waals surface area contributed by atoms with Gasteiger partial charge in [-0.25, -0.2) is 4.98 Å². The molecule has 2 aromatic heterocycles. The number of imidazole rings is 1. The Balaban J connectivity index is 2.04. The summed E-state index contributed by atoms with van der Waals surface area (Å²) in [5.74, 6) is 2.21. The van der Waals surface area contributed by atoms with E-state index >= 15 is 0 Å². The van der Waals surface area contributed by atoms with E-state index in [-0.39, 0.29) is 0 Å². The molecule has 96 valence electrons. The van der Waals surface area contributed by atoms with Gasteiger partial charge in [0, 0.05) is 19.4 Å². The second kappa shape index (κ2) is 4.56. The number of methoxy groups -OCH3 is 1. The largest absolute Gasteiger partial charge is 0.496 e. The maximum Gasteiger partial charge on any atom is 0.262 e. The predicted octanol–water partition coefficient (Wildman–Crippen LogP) is 2.15. The van der Waals surface area contributed by atoms with Gasteiger partial charge in [0.25, 0.3) is 5.89 Å². The van der Waals surface area contributed by atoms with Crippen molar-refractivity contribution < 1.29 is 9.26 Å². The summed E-state index contributed by atoms with van der Waals surface area (Å²) in [7, 11) is 3.48. The summed E-state index contributed by atoms with van der Waals surface area (Å²) in [5, 5.41) is 3.95. The lowest BCUT2D eigenvalue weighted by Gasteiger charge is -2.02. The zero-order chi connectivity index (χ0) is 13.2. The van der Waals surface area contributed by atoms with Gasteiger partial charge in [-0.15, -0.1) is 0 Å². The molecule has 0 amide bonds. The normalized spacial score (nSPS) is 10.6. The monoisotopic (exact) mass is 256 g/mol. The third-order valence-corrected chi connectivity index (χ3v) is 2.78. The van der Waals surface area contributed by atoms with Crippen molar-refractivity contribution >= 4 is 0 Å². The standard InChI is InChI=1S/C13H12N4O2/c1-17-8-7-14-12(17)11-15-13(19-16-11)9-5-3-4-6-10(9)18-2/h3-8H,1-2H3. The molecule has 6 nitrogen and oxygen atoms in total. The fourth-order valence-electron chi connectivity index (χ4n) is 1.83. The van der Waals surface area contributed by atoms with Crippen molar-refractivity contribution in [3.63, 3.8) is 0 Å². The molecule has 3 aromatic rings. The number of aryl methyl sites for hydroxylation is 1. The summed E-state index contributed by atoms with van der Waals surface area (Å²) >= 11 is 0. The quantitative estimate of drug-likeness (QED) is 0.718. The van der Waals surface area contributed by atoms with Crippen LogP contribution in [0.25, 0.3) is 23.1 Å². The van der Waals surface area contributed by atoms with Crippen LogP contribution in [0.5, 0.6) is 5.75 Å². The summed E-state index contributed by atoms with van der Waals surface area (Å²) in [6.45, 7) is 0. The lowest BCUT2D eigenvalue weighted by atomic mass is 10.2. The smallest absolute Gasteiger partial charge is 0.262 e. The van der Waals surface area contributed by atoms with E-state index in [4.69, 9.17) is 9.26 Å². The Labute approximate surface area is 109 Å². The van der Waals surface area contributed by atoms with Gasteiger partial charge in [-0.2, -0.15) is 4.98 Å². The molecule has 0 fully saturated rings. The van der Waals surface area contributed by atoms with Gasteiger partial charge < -0.3 is 13.8 Å². The SMILES string of the molecule is COc1ccccc1-c1nc(-c2nccn2C)no1. The summed E-state index contributed by atoms with van der Waals surface area (Å²) in [6.07, 6.45) is 3.52. The molecule has 6 heteroatoms. The molecule has 1 aromatic carbocycles. The van der Waals surface area contributed by atoms with Crippen molar-refractivity contribution in [1.82, 2.24) is 19.7 Å². The average molecular weight is 256 g/mol. The van der Waals surface area contributed by atoms with E-state index in [1.807, 2.05) is 42.1 Å². The van der Waals surface area contributed by atoms with Crippen LogP contribution in [-0.2, 0) is 7.05 Å². The van der Waals surface area contributed by atoms with Crippen LogP contribution < -0.4 is 4.74 Å². The first kappa shape index (κ1) is 11.5. The second-order valence-electron chi connectivity index (χ2n) is 3.99. The number of benzene rings is 1. The lowest BCUT2D eigenvalue weighted by Crippen LogP contribution is -1.93. The van der Waals surface area contributed by atoms with E-state index in [9.17, 15) is 0 Å². The van der Waals surface area contributed by atoms with E-state index in [0.29, 0.717) is 23.3 Å². The summed E-state index contributed by atoms with van der Waals surface area (Å²) in [6, 6.07) is 7.50. The zero-order valence-corrected chi connectivity index (χ0v) is 10.6. The third kappa shape index (κ3) is 1.97. The molecule has 0 radical (unpaired) electrons. The van der Waals surface area contributed by atoms with Crippen LogP contribution in [0.1, 0.15) is 0 Å². The maximum absolute atomic E-state index is 5.28. The van der Waals surface area contributed by atoms with Gasteiger partial charge >= 0.3 is 0 Å². The van der Waals surface area contributed by atoms with Crippen molar-refractivity contribution in [2.24, 2.45) is 7.05 Å². The van der Waals surface area contributed by atoms with Crippen LogP contribution in [0, 0.1) is 0 Å². The van der Waals surface area contributed by atoms with Gasteiger partial charge in [0.1, 0.15) is 5.75 Å². The molecule has 0 aliphatic rings. The van der Waals surface area contributed by atoms with Gasteiger partial charge in [0.2, 0.25) is 5.82 Å². The van der Waals surface area contributed by atoms with E-state index in [1.165, 1.54) is 0 Å². The molecular weight excluding hydrogens is 244 g/mol. The van der Waals surface area contributed by atoms with Crippen LogP contribution in [0.3, 0.4) is 0 Å². The Hall–Kier alpha value is -2.63. The molecule has 0 aliphatic heterocycles. The fraction of sp³-hybridized carbons (Fsp3) is 0.154. The summed E-state index contributed by atoms with van der Waals surface area (Å²) in [4.78, 5) is 8.53. The number of nitrogens with zero attached hydrogens (tertiary/aromatic N) is 4. The highest BCUT2D eigenvalue weighted by atomic mass is 16.5. The van der Waals surface area contributed by atoms with Crippen molar-refractivity contribution in [2.75, 3.05) is 7.11 Å². The van der Waals surface area contributed by atoms with Crippen molar-refractivity contribution in [3.8, 4) is 28.9 Å². The maximum atomic E-state index is 5.28. The zero-order valence-electron chi connectivity index (χ0n) is 10.6. The molecule has 0 bridgehead atoms. The molecular formula is C13H12N4O2. The lowest BCUT2D eigenvalue weighted by molar-refractivity contribution is 0.405. The van der Waals surface area contributed by atoms with Gasteiger partial charge in [-0.3, -0.25) is 0 Å². The Bertz CT molecular complexity index is 702. The average Bonchev–Trinajstić information content (AvgIpc) is 3.07. The summed E-state index contributed by atoms with van der Waals surface area (Å²) in [5.41, 5.74) is 0.762. The first-order valence-corrected chi connectivity index (χ1v) is 5.74. The number of aromatic nitrogens is 4. The minimum Gasteiger partial charge on any atom is -0.496 e. The second-order valence-corrected chi connectivity index (χ2v) is 3.99. The molecule has 2 heterocycles. The highest BCUT2D eigenvalue weighted by Crippen LogP contribution is 2.29. The number of rotatable bonds is 3. The van der Waals surface area contributed by atoms with Crippen molar-refractivity contribution in [2.45, 2.75) is 0 Å². The Kier molecular flexibility index (Phi) is 2.75. The Morgan fingerprint density at radius 3 is 2.84 bits per heavy atom. The highest BCUT2D eigenvalue weighted by Gasteiger charge is 2.16. The van der Waals surface area contributed by atoms with E-state index in [1.54, 1.807) is 13.3 Å². The minimum absolute atomic E-state index is 0.412. The molecule has 0 atom stereocenters. The van der Waals surface area contributed by atoms with Crippen LogP contribution >= 0.6 is 0 Å². The first-order valence-electron chi connectivity index (χ1n) is 5.74. The fourth-order valence-corrected chi connectivity index (χ4v) is 1.83. The molecule has 0 N–H and O–H groups in total. The molecule has 0 aliphatic carbocycles. The van der Waals surface area contributed by atoms with Gasteiger partial charge in [-0.1, -0.05) is 17.3 Å². The molecule has 0 unspecified atom stereocenters. The van der Waals surface area contributed by atoms with E-state index < -0.39 is 0 Å². The topological polar surface area (TPSA) is 66.0 Å². The van der Waals surface area contributed by atoms with E-state index in [2.05, 4.69) is 15.1 Å². The molecule has 3 rings (SSSR count). The Morgan fingerprint density at radius 2 is 2.11 bits per heavy atom. The molecule has 0 saturated heterocycles. The molecule has 0 spiro atoms.